The number of hydrogen-bond acceptors (Lipinski definition) is 8. The Morgan fingerprint density at radius 2 is 1.62 bits per heavy atom. The quantitative estimate of drug-likeness (QED) is 0.182. The number of carbonyl (C=O) groups excluding carboxylic acids is 1. The summed E-state index contributed by atoms with van der Waals surface area (Å²) in [7, 11) is 1.62. The van der Waals surface area contributed by atoms with Gasteiger partial charge in [0.25, 0.3) is 0 Å². The number of benzene rings is 3. The summed E-state index contributed by atoms with van der Waals surface area (Å²) in [5.41, 5.74) is 3.21. The first-order valence-corrected chi connectivity index (χ1v) is 15.8. The molecule has 0 saturated carbocycles. The van der Waals surface area contributed by atoms with Crippen molar-refractivity contribution >= 4 is 39.1 Å². The van der Waals surface area contributed by atoms with E-state index in [4.69, 9.17) is 13.7 Å². The number of carboxylic acid groups (broad SMARTS) is 1. The fourth-order valence-corrected chi connectivity index (χ4v) is 5.38. The topological polar surface area (TPSA) is 128 Å². The Hall–Kier alpha value is -4.29. The summed E-state index contributed by atoms with van der Waals surface area (Å²) in [6, 6.07) is 20.3. The van der Waals surface area contributed by atoms with E-state index in [9.17, 15) is 18.9 Å². The number of hydrogen-bond donors (Lipinski definition) is 1. The minimum absolute atomic E-state index is 0.0369. The molecular formula is C33H34BrN3O7S. The molecule has 45 heavy (non-hydrogen) atoms. The van der Waals surface area contributed by atoms with Gasteiger partial charge in [0.15, 0.2) is 0 Å². The van der Waals surface area contributed by atoms with Crippen molar-refractivity contribution in [2.24, 2.45) is 0 Å². The van der Waals surface area contributed by atoms with Crippen LogP contribution in [0.4, 0.5) is 4.79 Å². The molecule has 2 atom stereocenters. The van der Waals surface area contributed by atoms with Crippen LogP contribution in [0.5, 0.6) is 11.9 Å². The highest BCUT2D eigenvalue weighted by molar-refractivity contribution is 9.10. The van der Waals surface area contributed by atoms with Crippen molar-refractivity contribution in [3.05, 3.63) is 99.5 Å². The monoisotopic (exact) mass is 695 g/mol. The van der Waals surface area contributed by atoms with Gasteiger partial charge in [0.1, 0.15) is 11.7 Å². The average molecular weight is 697 g/mol. The molecule has 12 heteroatoms. The van der Waals surface area contributed by atoms with Crippen LogP contribution in [0.2, 0.25) is 0 Å². The van der Waals surface area contributed by atoms with Crippen molar-refractivity contribution in [2.45, 2.75) is 51.2 Å². The Morgan fingerprint density at radius 1 is 0.978 bits per heavy atom. The fourth-order valence-electron chi connectivity index (χ4n) is 4.39. The first kappa shape index (κ1) is 33.6. The fraction of sp³-hybridized carbons (Fsp3) is 0.273. The van der Waals surface area contributed by atoms with Gasteiger partial charge in [-0.2, -0.15) is 9.97 Å². The predicted molar refractivity (Wildman–Crippen MR) is 174 cm³/mol. The first-order chi connectivity index (χ1) is 21.2. The Morgan fingerprint density at radius 3 is 2.24 bits per heavy atom. The third kappa shape index (κ3) is 9.11. The Labute approximate surface area is 273 Å². The molecular weight excluding hydrogens is 662 g/mol. The van der Waals surface area contributed by atoms with Gasteiger partial charge in [-0.1, -0.05) is 52.3 Å². The second-order valence-corrected chi connectivity index (χ2v) is 13.3. The number of aromatic carboxylic acids is 1. The summed E-state index contributed by atoms with van der Waals surface area (Å²) >= 11 is 1.32. The number of halogens is 1. The summed E-state index contributed by atoms with van der Waals surface area (Å²) in [5, 5.41) is 9.36. The summed E-state index contributed by atoms with van der Waals surface area (Å²) in [6.45, 7) is 9.38. The lowest BCUT2D eigenvalue weighted by Crippen LogP contribution is -2.37. The van der Waals surface area contributed by atoms with E-state index >= 15 is 0 Å². The van der Waals surface area contributed by atoms with Crippen LogP contribution in [-0.4, -0.2) is 55.4 Å². The molecule has 0 spiro atoms. The third-order valence-electron chi connectivity index (χ3n) is 6.49. The van der Waals surface area contributed by atoms with Crippen molar-refractivity contribution in [1.82, 2.24) is 14.9 Å². The molecule has 1 amide bonds. The summed E-state index contributed by atoms with van der Waals surface area (Å²) in [4.78, 5) is 34.8. The van der Waals surface area contributed by atoms with Gasteiger partial charge in [0.05, 0.1) is 22.7 Å². The van der Waals surface area contributed by atoms with Crippen molar-refractivity contribution in [3.63, 3.8) is 0 Å². The molecule has 0 aliphatic heterocycles. The molecule has 4 aromatic rings. The van der Waals surface area contributed by atoms with E-state index < -0.39 is 34.8 Å². The normalized spacial score (nSPS) is 12.6. The number of likely N-dealkylation sites (N-methyl/N-ethyl adjacent to an activating group) is 1. The lowest BCUT2D eigenvalue weighted by Gasteiger charge is -2.28. The molecule has 2 unspecified atom stereocenters. The van der Waals surface area contributed by atoms with Crippen LogP contribution in [0.3, 0.4) is 0 Å². The number of carboxylic acids is 1. The SMILES string of the molecule is Cc1cccc(C)c1-c1cc(OC(CN(C)C(=O)OC(C)(C)C)c2ccc(Br)cc2)nc(OS(=O)c2cccc(C(=O)O)c2)n1. The van der Waals surface area contributed by atoms with Crippen LogP contribution >= 0.6 is 15.9 Å². The maximum atomic E-state index is 13.2. The van der Waals surface area contributed by atoms with Crippen LogP contribution in [0.25, 0.3) is 11.3 Å². The Balaban J connectivity index is 1.75. The van der Waals surface area contributed by atoms with Crippen molar-refractivity contribution in [1.29, 1.82) is 0 Å². The second-order valence-electron chi connectivity index (χ2n) is 11.3. The van der Waals surface area contributed by atoms with Gasteiger partial charge >= 0.3 is 18.1 Å². The van der Waals surface area contributed by atoms with Gasteiger partial charge in [0, 0.05) is 23.2 Å². The van der Waals surface area contributed by atoms with Gasteiger partial charge in [-0.05, 0) is 81.6 Å². The van der Waals surface area contributed by atoms with E-state index in [0.29, 0.717) is 5.69 Å². The number of ether oxygens (including phenoxy) is 2. The minimum Gasteiger partial charge on any atom is -0.478 e. The number of carbonyl (C=O) groups is 2. The lowest BCUT2D eigenvalue weighted by atomic mass is 10.00. The van der Waals surface area contributed by atoms with E-state index in [0.717, 1.165) is 26.7 Å². The largest absolute Gasteiger partial charge is 0.478 e. The molecule has 0 fully saturated rings. The molecule has 3 aromatic carbocycles. The van der Waals surface area contributed by atoms with Gasteiger partial charge in [-0.25, -0.2) is 13.8 Å². The maximum Gasteiger partial charge on any atom is 0.410 e. The number of amides is 1. The van der Waals surface area contributed by atoms with Crippen LogP contribution in [0.15, 0.2) is 82.2 Å². The molecule has 1 heterocycles. The van der Waals surface area contributed by atoms with E-state index in [1.165, 1.54) is 29.2 Å². The van der Waals surface area contributed by atoms with Crippen LogP contribution in [0.1, 0.15) is 53.9 Å². The second kappa shape index (κ2) is 14.2. The molecule has 1 N–H and O–H groups in total. The van der Waals surface area contributed by atoms with Crippen LogP contribution in [0, 0.1) is 13.8 Å². The van der Waals surface area contributed by atoms with E-state index in [1.54, 1.807) is 33.9 Å². The molecule has 0 radical (unpaired) electrons. The lowest BCUT2D eigenvalue weighted by molar-refractivity contribution is 0.0222. The molecule has 1 aromatic heterocycles. The summed E-state index contributed by atoms with van der Waals surface area (Å²) in [5.74, 6) is -1.05. The minimum atomic E-state index is -2.14. The van der Waals surface area contributed by atoms with E-state index in [2.05, 4.69) is 25.9 Å². The third-order valence-corrected chi connectivity index (χ3v) is 7.96. The van der Waals surface area contributed by atoms with Crippen molar-refractivity contribution in [2.75, 3.05) is 13.6 Å². The van der Waals surface area contributed by atoms with Gasteiger partial charge in [-0.15, -0.1) is 0 Å². The van der Waals surface area contributed by atoms with Gasteiger partial charge in [-0.3, -0.25) is 0 Å². The molecule has 4 rings (SSSR count). The smallest absolute Gasteiger partial charge is 0.410 e. The number of nitrogens with zero attached hydrogens (tertiary/aromatic N) is 3. The molecule has 0 bridgehead atoms. The van der Waals surface area contributed by atoms with Gasteiger partial charge < -0.3 is 23.7 Å². The molecule has 0 saturated heterocycles. The van der Waals surface area contributed by atoms with Crippen LogP contribution < -0.4 is 8.92 Å². The number of rotatable bonds is 10. The highest BCUT2D eigenvalue weighted by atomic mass is 79.9. The highest BCUT2D eigenvalue weighted by Gasteiger charge is 2.25. The summed E-state index contributed by atoms with van der Waals surface area (Å²) in [6.07, 6.45) is -1.21. The zero-order valence-corrected chi connectivity index (χ0v) is 28.1. The number of aromatic nitrogens is 2. The zero-order chi connectivity index (χ0) is 32.9. The summed E-state index contributed by atoms with van der Waals surface area (Å²) < 4.78 is 31.7. The van der Waals surface area contributed by atoms with Crippen LogP contribution in [-0.2, 0) is 15.8 Å². The first-order valence-electron chi connectivity index (χ1n) is 14.0. The Bertz CT molecular complexity index is 1700. The van der Waals surface area contributed by atoms with Crippen molar-refractivity contribution in [3.8, 4) is 23.1 Å². The van der Waals surface area contributed by atoms with Gasteiger partial charge in [0.2, 0.25) is 17.0 Å². The van der Waals surface area contributed by atoms with Crippen molar-refractivity contribution < 1.29 is 32.6 Å². The standard InChI is InChI=1S/C33H34BrN3O7S/c1-20-9-7-10-21(2)29(20)26-18-28(36-31(35-26)44-45(41)25-12-8-11-23(17-25)30(38)39)42-27(22-13-15-24(34)16-14-22)19-37(6)32(40)43-33(3,4)5/h7-18,27H,19H2,1-6H3,(H,38,39). The molecule has 10 nitrogen and oxygen atoms in total. The highest BCUT2D eigenvalue weighted by Crippen LogP contribution is 2.32. The van der Waals surface area contributed by atoms with E-state index in [-0.39, 0.29) is 28.9 Å². The number of aryl methyl sites for hydroxylation is 2. The average Bonchev–Trinajstić information content (AvgIpc) is 2.96. The maximum absolute atomic E-state index is 13.2. The molecule has 236 valence electrons. The Kier molecular flexibility index (Phi) is 10.6. The predicted octanol–water partition coefficient (Wildman–Crippen LogP) is 7.31. The molecule has 0 aliphatic carbocycles. The molecule has 0 aliphatic rings. The zero-order valence-electron chi connectivity index (χ0n) is 25.7. The van der Waals surface area contributed by atoms with E-state index in [1.807, 2.05) is 56.3 Å².